The van der Waals surface area contributed by atoms with Gasteiger partial charge in [-0.15, -0.1) is 11.8 Å². The fraction of sp³-hybridized carbons (Fsp3) is 0.500. The molecule has 3 amide bonds. The first kappa shape index (κ1) is 28.8. The summed E-state index contributed by atoms with van der Waals surface area (Å²) in [5.74, 6) is -1.59. The van der Waals surface area contributed by atoms with Gasteiger partial charge in [0, 0.05) is 10.4 Å². The van der Waals surface area contributed by atoms with Crippen LogP contribution in [0.3, 0.4) is 0 Å². The number of para-hydroxylation sites is 1. The van der Waals surface area contributed by atoms with Crippen LogP contribution < -0.4 is 15.4 Å². The molecule has 2 bridgehead atoms. The third-order valence-electron chi connectivity index (χ3n) is 8.62. The molecule has 5 rings (SSSR count). The van der Waals surface area contributed by atoms with Gasteiger partial charge < -0.3 is 25.4 Å². The molecular formula is C30H36ClN3O5S. The first-order chi connectivity index (χ1) is 19.1. The third kappa shape index (κ3) is 4.65. The van der Waals surface area contributed by atoms with Crippen molar-refractivity contribution in [3.05, 3.63) is 53.6 Å². The molecule has 0 saturated carbocycles. The quantitative estimate of drug-likeness (QED) is 0.390. The Morgan fingerprint density at radius 3 is 2.45 bits per heavy atom. The molecule has 2 aromatic rings. The van der Waals surface area contributed by atoms with Crippen LogP contribution in [0.1, 0.15) is 40.5 Å². The van der Waals surface area contributed by atoms with Crippen molar-refractivity contribution in [2.45, 2.75) is 62.1 Å². The predicted molar refractivity (Wildman–Crippen MR) is 158 cm³/mol. The van der Waals surface area contributed by atoms with Crippen molar-refractivity contribution in [3.63, 3.8) is 0 Å². The van der Waals surface area contributed by atoms with E-state index in [4.69, 9.17) is 16.3 Å². The number of ether oxygens (including phenoxy) is 1. The molecule has 40 heavy (non-hydrogen) atoms. The lowest BCUT2D eigenvalue weighted by molar-refractivity contribution is -0.142. The average molecular weight is 586 g/mol. The second-order valence-electron chi connectivity index (χ2n) is 11.4. The summed E-state index contributed by atoms with van der Waals surface area (Å²) in [6.07, 6.45) is 1.31. The maximum Gasteiger partial charge on any atom is 0.248 e. The molecule has 3 heterocycles. The third-order valence-corrected chi connectivity index (χ3v) is 10.9. The Morgan fingerprint density at radius 2 is 1.82 bits per heavy atom. The van der Waals surface area contributed by atoms with Crippen molar-refractivity contribution in [1.29, 1.82) is 0 Å². The number of aliphatic hydroxyl groups is 1. The van der Waals surface area contributed by atoms with E-state index in [0.717, 1.165) is 0 Å². The molecule has 3 aliphatic rings. The molecule has 3 aliphatic heterocycles. The standard InChI is InChI=1S/C30H36ClN3O5S/c1-5-39-19-12-10-18(11-13-19)32-26(36)23-24-28(38)34(22(16-35)17(2)3)25(30(24)15-14-29(23,4)40-30)27(37)33-21-9-7-6-8-20(21)31/h6-13,17,22-25,35H,5,14-16H2,1-4H3,(H,32,36)(H,33,37)/t22-,23+,24-,25?,29-,30?/m0/s1. The van der Waals surface area contributed by atoms with Gasteiger partial charge in [0.25, 0.3) is 0 Å². The highest BCUT2D eigenvalue weighted by Crippen LogP contribution is 2.71. The van der Waals surface area contributed by atoms with Crippen LogP contribution in [0.2, 0.25) is 5.02 Å². The molecule has 2 unspecified atom stereocenters. The van der Waals surface area contributed by atoms with Crippen LogP contribution in [0.15, 0.2) is 48.5 Å². The number of aliphatic hydroxyl groups excluding tert-OH is 1. The molecule has 0 radical (unpaired) electrons. The molecule has 6 atom stereocenters. The monoisotopic (exact) mass is 585 g/mol. The summed E-state index contributed by atoms with van der Waals surface area (Å²) in [5.41, 5.74) is 1.07. The van der Waals surface area contributed by atoms with E-state index < -0.39 is 33.4 Å². The normalized spacial score (nSPS) is 29.4. The first-order valence-electron chi connectivity index (χ1n) is 13.8. The Hall–Kier alpha value is -2.75. The molecule has 0 aliphatic carbocycles. The van der Waals surface area contributed by atoms with Gasteiger partial charge in [-0.3, -0.25) is 14.4 Å². The summed E-state index contributed by atoms with van der Waals surface area (Å²) in [5, 5.41) is 16.7. The molecule has 8 nitrogen and oxygen atoms in total. The van der Waals surface area contributed by atoms with Gasteiger partial charge in [-0.05, 0) is 69.0 Å². The van der Waals surface area contributed by atoms with Crippen molar-refractivity contribution in [1.82, 2.24) is 4.90 Å². The van der Waals surface area contributed by atoms with Crippen LogP contribution in [0.5, 0.6) is 5.75 Å². The molecule has 3 saturated heterocycles. The zero-order valence-electron chi connectivity index (χ0n) is 23.1. The van der Waals surface area contributed by atoms with E-state index in [9.17, 15) is 19.5 Å². The van der Waals surface area contributed by atoms with Crippen LogP contribution in [-0.2, 0) is 14.4 Å². The van der Waals surface area contributed by atoms with Crippen molar-refractivity contribution in [3.8, 4) is 5.75 Å². The van der Waals surface area contributed by atoms with Crippen LogP contribution in [0, 0.1) is 17.8 Å². The van der Waals surface area contributed by atoms with Gasteiger partial charge in [-0.2, -0.15) is 0 Å². The number of nitrogens with one attached hydrogen (secondary N) is 2. The number of hydrogen-bond donors (Lipinski definition) is 3. The summed E-state index contributed by atoms with van der Waals surface area (Å²) >= 11 is 7.95. The summed E-state index contributed by atoms with van der Waals surface area (Å²) in [6.45, 7) is 8.04. The van der Waals surface area contributed by atoms with Crippen molar-refractivity contribution in [2.75, 3.05) is 23.8 Å². The van der Waals surface area contributed by atoms with E-state index >= 15 is 0 Å². The summed E-state index contributed by atoms with van der Waals surface area (Å²) in [7, 11) is 0. The van der Waals surface area contributed by atoms with Crippen LogP contribution in [-0.4, -0.2) is 62.5 Å². The van der Waals surface area contributed by atoms with Crippen LogP contribution >= 0.6 is 23.4 Å². The smallest absolute Gasteiger partial charge is 0.248 e. The van der Waals surface area contributed by atoms with Crippen molar-refractivity contribution >= 4 is 52.5 Å². The van der Waals surface area contributed by atoms with E-state index in [1.165, 1.54) is 0 Å². The highest BCUT2D eigenvalue weighted by atomic mass is 35.5. The van der Waals surface area contributed by atoms with Crippen LogP contribution in [0.25, 0.3) is 0 Å². The topological polar surface area (TPSA) is 108 Å². The number of likely N-dealkylation sites (tertiary alicyclic amines) is 1. The number of thioether (sulfide) groups is 1. The lowest BCUT2D eigenvalue weighted by atomic mass is 9.66. The average Bonchev–Trinajstić information content (AvgIpc) is 3.48. The molecule has 214 valence electrons. The van der Waals surface area contributed by atoms with Gasteiger partial charge in [0.1, 0.15) is 11.8 Å². The minimum Gasteiger partial charge on any atom is -0.494 e. The maximum absolute atomic E-state index is 14.3. The Labute approximate surface area is 244 Å². The molecule has 2 aromatic carbocycles. The molecule has 0 aromatic heterocycles. The summed E-state index contributed by atoms with van der Waals surface area (Å²) in [6, 6.07) is 12.7. The molecular weight excluding hydrogens is 550 g/mol. The number of amides is 3. The second-order valence-corrected chi connectivity index (χ2v) is 13.7. The zero-order valence-corrected chi connectivity index (χ0v) is 24.7. The van der Waals surface area contributed by atoms with E-state index in [1.54, 1.807) is 65.2 Å². The number of rotatable bonds is 9. The van der Waals surface area contributed by atoms with Gasteiger partial charge in [-0.25, -0.2) is 0 Å². The first-order valence-corrected chi connectivity index (χ1v) is 15.0. The largest absolute Gasteiger partial charge is 0.494 e. The molecule has 3 N–H and O–H groups in total. The van der Waals surface area contributed by atoms with Gasteiger partial charge in [0.15, 0.2) is 0 Å². The maximum atomic E-state index is 14.3. The lowest BCUT2D eigenvalue weighted by Gasteiger charge is -2.38. The number of hydrogen-bond acceptors (Lipinski definition) is 6. The number of benzene rings is 2. The number of anilines is 2. The Kier molecular flexibility index (Phi) is 7.85. The fourth-order valence-electron chi connectivity index (χ4n) is 6.83. The Bertz CT molecular complexity index is 1310. The zero-order chi connectivity index (χ0) is 28.8. The highest BCUT2D eigenvalue weighted by Gasteiger charge is 2.77. The lowest BCUT2D eigenvalue weighted by Crippen LogP contribution is -2.56. The number of nitrogens with zero attached hydrogens (tertiary/aromatic N) is 1. The van der Waals surface area contributed by atoms with Gasteiger partial charge in [-0.1, -0.05) is 37.6 Å². The van der Waals surface area contributed by atoms with Gasteiger partial charge in [0.2, 0.25) is 17.7 Å². The summed E-state index contributed by atoms with van der Waals surface area (Å²) < 4.78 is 4.19. The van der Waals surface area contributed by atoms with E-state index in [-0.39, 0.29) is 30.2 Å². The predicted octanol–water partition coefficient (Wildman–Crippen LogP) is 4.81. The number of carbonyl (C=O) groups is 3. The van der Waals surface area contributed by atoms with E-state index in [2.05, 4.69) is 10.6 Å². The Balaban J connectivity index is 1.51. The minimum atomic E-state index is -0.865. The van der Waals surface area contributed by atoms with Crippen molar-refractivity contribution in [2.24, 2.45) is 17.8 Å². The number of halogens is 1. The van der Waals surface area contributed by atoms with Crippen LogP contribution in [0.4, 0.5) is 11.4 Å². The molecule has 1 spiro atoms. The second kappa shape index (κ2) is 10.9. The Morgan fingerprint density at radius 1 is 1.12 bits per heavy atom. The number of fused-ring (bicyclic) bond motifs is 1. The van der Waals surface area contributed by atoms with E-state index in [0.29, 0.717) is 41.6 Å². The van der Waals surface area contributed by atoms with E-state index in [1.807, 2.05) is 27.7 Å². The SMILES string of the molecule is CCOc1ccc(NC(=O)[C@H]2[C@H]3C(=O)N([C@@H](CO)C(C)C)C(C(=O)Nc4ccccc4Cl)C34CC[C@]2(C)S4)cc1. The molecule has 10 heteroatoms. The highest BCUT2D eigenvalue weighted by molar-refractivity contribution is 8.02. The van der Waals surface area contributed by atoms with Crippen molar-refractivity contribution < 1.29 is 24.2 Å². The fourth-order valence-corrected chi connectivity index (χ4v) is 9.35. The minimum absolute atomic E-state index is 0.103. The van der Waals surface area contributed by atoms with Gasteiger partial charge >= 0.3 is 0 Å². The number of carbonyl (C=O) groups excluding carboxylic acids is 3. The molecule has 3 fully saturated rings. The summed E-state index contributed by atoms with van der Waals surface area (Å²) in [4.78, 5) is 43.9. The van der Waals surface area contributed by atoms with Gasteiger partial charge in [0.05, 0.1) is 46.5 Å².